The summed E-state index contributed by atoms with van der Waals surface area (Å²) in [4.78, 5) is 18.8. The van der Waals surface area contributed by atoms with Crippen LogP contribution in [0.15, 0.2) is 23.0 Å². The van der Waals surface area contributed by atoms with Crippen LogP contribution in [-0.4, -0.2) is 23.0 Å². The first-order valence-corrected chi connectivity index (χ1v) is 9.88. The minimum absolute atomic E-state index is 0.0471. The molecule has 0 unspecified atom stereocenters. The molecule has 0 saturated heterocycles. The topological polar surface area (TPSA) is 36.1 Å². The minimum Gasteiger partial charge on any atom is -0.312 e. The molecule has 0 fully saturated rings. The Morgan fingerprint density at radius 2 is 1.75 bits per heavy atom. The van der Waals surface area contributed by atoms with Crippen LogP contribution in [0.2, 0.25) is 0 Å². The van der Waals surface area contributed by atoms with Crippen molar-refractivity contribution in [3.63, 3.8) is 0 Å². The van der Waals surface area contributed by atoms with E-state index in [9.17, 15) is 4.79 Å². The molecule has 0 aliphatic carbocycles. The number of nitrogens with one attached hydrogen (secondary N) is 1. The van der Waals surface area contributed by atoms with Gasteiger partial charge in [0, 0.05) is 17.0 Å². The predicted molar refractivity (Wildman–Crippen MR) is 105 cm³/mol. The summed E-state index contributed by atoms with van der Waals surface area (Å²) < 4.78 is 0. The molecule has 2 rings (SSSR count). The van der Waals surface area contributed by atoms with Crippen molar-refractivity contribution in [3.8, 4) is 11.3 Å². The Bertz CT molecular complexity index is 694. The van der Waals surface area contributed by atoms with E-state index >= 15 is 0 Å². The molecule has 1 heterocycles. The predicted octanol–water partition coefficient (Wildman–Crippen LogP) is 5.12. The molecule has 0 aliphatic heterocycles. The highest BCUT2D eigenvalue weighted by molar-refractivity contribution is 7.09. The highest BCUT2D eigenvalue weighted by Gasteiger charge is 2.15. The second-order valence-corrected chi connectivity index (χ2v) is 7.68. The molecule has 2 aromatic rings. The van der Waals surface area contributed by atoms with E-state index in [2.05, 4.69) is 55.8 Å². The van der Waals surface area contributed by atoms with E-state index in [4.69, 9.17) is 0 Å². The van der Waals surface area contributed by atoms with E-state index in [1.165, 1.54) is 53.0 Å². The highest BCUT2D eigenvalue weighted by Crippen LogP contribution is 2.28. The Labute approximate surface area is 149 Å². The molecule has 1 aromatic carbocycles. The maximum atomic E-state index is 12.0. The van der Waals surface area contributed by atoms with E-state index in [1.807, 2.05) is 0 Å². The second kappa shape index (κ2) is 9.19. The molecular formula is C20H30N2OS. The van der Waals surface area contributed by atoms with Crippen LogP contribution in [0.25, 0.3) is 11.3 Å². The first kappa shape index (κ1) is 18.9. The number of benzene rings is 1. The summed E-state index contributed by atoms with van der Waals surface area (Å²) in [7, 11) is 0. The molecule has 0 atom stereocenters. The van der Waals surface area contributed by atoms with Crippen molar-refractivity contribution in [2.45, 2.75) is 59.9 Å². The zero-order valence-electron chi connectivity index (χ0n) is 15.4. The lowest BCUT2D eigenvalue weighted by molar-refractivity contribution is 0.259. The quantitative estimate of drug-likeness (QED) is 0.684. The highest BCUT2D eigenvalue weighted by atomic mass is 32.1. The smallest absolute Gasteiger partial charge is 0.305 e. The van der Waals surface area contributed by atoms with Gasteiger partial charge in [-0.2, -0.15) is 0 Å². The molecule has 1 N–H and O–H groups in total. The molecule has 0 amide bonds. The van der Waals surface area contributed by atoms with Gasteiger partial charge in [0.25, 0.3) is 0 Å². The average molecular weight is 347 g/mol. The van der Waals surface area contributed by atoms with Crippen LogP contribution in [0.1, 0.15) is 55.5 Å². The van der Waals surface area contributed by atoms with Gasteiger partial charge in [-0.3, -0.25) is 9.69 Å². The monoisotopic (exact) mass is 346 g/mol. The van der Waals surface area contributed by atoms with Crippen molar-refractivity contribution in [2.75, 3.05) is 13.1 Å². The maximum Gasteiger partial charge on any atom is 0.305 e. The molecule has 0 aliphatic rings. The largest absolute Gasteiger partial charge is 0.312 e. The van der Waals surface area contributed by atoms with E-state index < -0.39 is 0 Å². The summed E-state index contributed by atoms with van der Waals surface area (Å²) in [6.07, 6.45) is 4.83. The van der Waals surface area contributed by atoms with Crippen molar-refractivity contribution in [1.82, 2.24) is 9.88 Å². The first-order valence-electron chi connectivity index (χ1n) is 9.07. The summed E-state index contributed by atoms with van der Waals surface area (Å²) in [6, 6.07) is 6.43. The van der Waals surface area contributed by atoms with Gasteiger partial charge in [-0.15, -0.1) is 0 Å². The molecule has 132 valence electrons. The van der Waals surface area contributed by atoms with Crippen LogP contribution >= 0.6 is 11.3 Å². The molecular weight excluding hydrogens is 316 g/mol. The number of hydrogen-bond acceptors (Lipinski definition) is 3. The second-order valence-electron chi connectivity index (χ2n) is 6.61. The normalized spacial score (nSPS) is 11.4. The summed E-state index contributed by atoms with van der Waals surface area (Å²) in [6.45, 7) is 11.8. The summed E-state index contributed by atoms with van der Waals surface area (Å²) in [5, 5.41) is 0. The van der Waals surface area contributed by atoms with E-state index in [1.54, 1.807) is 0 Å². The van der Waals surface area contributed by atoms with Gasteiger partial charge in [0.2, 0.25) is 0 Å². The Morgan fingerprint density at radius 3 is 2.33 bits per heavy atom. The Kier molecular flexibility index (Phi) is 7.25. The summed E-state index contributed by atoms with van der Waals surface area (Å²) >= 11 is 1.36. The van der Waals surface area contributed by atoms with Gasteiger partial charge in [-0.05, 0) is 45.3 Å². The van der Waals surface area contributed by atoms with Gasteiger partial charge in [0.05, 0.1) is 5.69 Å². The Morgan fingerprint density at radius 1 is 1.08 bits per heavy atom. The van der Waals surface area contributed by atoms with E-state index in [0.717, 1.165) is 30.9 Å². The van der Waals surface area contributed by atoms with Crippen LogP contribution in [0, 0.1) is 13.8 Å². The molecule has 0 saturated carbocycles. The van der Waals surface area contributed by atoms with Crippen LogP contribution in [0.5, 0.6) is 0 Å². The SMILES string of the molecule is CCCCN(CCCC)Cc1sc(=O)[nH]c1-c1ccc(C)cc1C. The third-order valence-corrected chi connectivity index (χ3v) is 5.26. The molecule has 4 heteroatoms. The van der Waals surface area contributed by atoms with Crippen LogP contribution < -0.4 is 4.87 Å². The first-order chi connectivity index (χ1) is 11.5. The number of hydrogen-bond donors (Lipinski definition) is 1. The lowest BCUT2D eigenvalue weighted by Gasteiger charge is -2.22. The molecule has 0 radical (unpaired) electrons. The van der Waals surface area contributed by atoms with Crippen LogP contribution in [0.4, 0.5) is 0 Å². The fourth-order valence-corrected chi connectivity index (χ4v) is 3.91. The number of aryl methyl sites for hydroxylation is 2. The van der Waals surface area contributed by atoms with E-state index in [-0.39, 0.29) is 4.87 Å². The Hall–Kier alpha value is -1.39. The van der Waals surface area contributed by atoms with Gasteiger partial charge in [0.15, 0.2) is 0 Å². The number of nitrogens with zero attached hydrogens (tertiary/aromatic N) is 1. The Balaban J connectivity index is 2.27. The van der Waals surface area contributed by atoms with Crippen molar-refractivity contribution in [3.05, 3.63) is 43.9 Å². The average Bonchev–Trinajstić information content (AvgIpc) is 2.90. The number of aromatic nitrogens is 1. The molecule has 3 nitrogen and oxygen atoms in total. The standard InChI is InChI=1S/C20H30N2OS/c1-5-7-11-22(12-8-6-2)14-18-19(21-20(23)24-18)17-10-9-15(3)13-16(17)4/h9-10,13H,5-8,11-12,14H2,1-4H3,(H,21,23). The van der Waals surface area contributed by atoms with Gasteiger partial charge >= 0.3 is 4.87 Å². The molecule has 1 aromatic heterocycles. The lowest BCUT2D eigenvalue weighted by atomic mass is 10.0. The number of rotatable bonds is 9. The fourth-order valence-electron chi connectivity index (χ4n) is 3.02. The zero-order valence-corrected chi connectivity index (χ0v) is 16.3. The zero-order chi connectivity index (χ0) is 17.5. The number of thiazole rings is 1. The van der Waals surface area contributed by atoms with E-state index in [0.29, 0.717) is 0 Å². The lowest BCUT2D eigenvalue weighted by Crippen LogP contribution is -2.25. The number of H-pyrrole nitrogens is 1. The molecule has 0 spiro atoms. The summed E-state index contributed by atoms with van der Waals surface area (Å²) in [5.74, 6) is 0. The van der Waals surface area contributed by atoms with Crippen LogP contribution in [0.3, 0.4) is 0 Å². The van der Waals surface area contributed by atoms with Crippen LogP contribution in [-0.2, 0) is 6.54 Å². The third kappa shape index (κ3) is 5.05. The van der Waals surface area contributed by atoms with Crippen molar-refractivity contribution < 1.29 is 0 Å². The number of unbranched alkanes of at least 4 members (excludes halogenated alkanes) is 2. The number of aromatic amines is 1. The molecule has 24 heavy (non-hydrogen) atoms. The molecule has 0 bridgehead atoms. The van der Waals surface area contributed by atoms with Crippen molar-refractivity contribution in [2.24, 2.45) is 0 Å². The third-order valence-electron chi connectivity index (χ3n) is 4.40. The van der Waals surface area contributed by atoms with Crippen molar-refractivity contribution in [1.29, 1.82) is 0 Å². The van der Waals surface area contributed by atoms with Gasteiger partial charge in [0.1, 0.15) is 0 Å². The minimum atomic E-state index is 0.0471. The maximum absolute atomic E-state index is 12.0. The fraction of sp³-hybridized carbons (Fsp3) is 0.550. The van der Waals surface area contributed by atoms with Gasteiger partial charge < -0.3 is 4.98 Å². The van der Waals surface area contributed by atoms with Gasteiger partial charge in [-0.25, -0.2) is 0 Å². The summed E-state index contributed by atoms with van der Waals surface area (Å²) in [5.41, 5.74) is 4.64. The van der Waals surface area contributed by atoms with Crippen molar-refractivity contribution >= 4 is 11.3 Å². The van der Waals surface area contributed by atoms with Gasteiger partial charge in [-0.1, -0.05) is 61.8 Å².